The van der Waals surface area contributed by atoms with Gasteiger partial charge in [-0.1, -0.05) is 36.0 Å². The van der Waals surface area contributed by atoms with Gasteiger partial charge >= 0.3 is 0 Å². The zero-order chi connectivity index (χ0) is 16.4. The maximum Gasteiger partial charge on any atom is 0.191 e. The van der Waals surface area contributed by atoms with Crippen molar-refractivity contribution >= 4 is 23.1 Å². The average molecular weight is 358 g/mol. The van der Waals surface area contributed by atoms with Crippen molar-refractivity contribution in [2.45, 2.75) is 31.0 Å². The van der Waals surface area contributed by atoms with Gasteiger partial charge in [0.05, 0.1) is 11.5 Å². The van der Waals surface area contributed by atoms with Gasteiger partial charge in [-0.3, -0.25) is 4.57 Å². The van der Waals surface area contributed by atoms with Crippen molar-refractivity contribution in [3.8, 4) is 16.5 Å². The number of nitrogens with zero attached hydrogens (tertiary/aromatic N) is 3. The van der Waals surface area contributed by atoms with E-state index in [0.717, 1.165) is 22.5 Å². The Labute approximate surface area is 149 Å². The van der Waals surface area contributed by atoms with Gasteiger partial charge in [-0.25, -0.2) is 0 Å². The van der Waals surface area contributed by atoms with Gasteiger partial charge in [0.1, 0.15) is 5.75 Å². The first-order chi connectivity index (χ1) is 11.8. The molecule has 0 aliphatic heterocycles. The Morgan fingerprint density at radius 1 is 1.21 bits per heavy atom. The number of para-hydroxylation sites is 1. The van der Waals surface area contributed by atoms with E-state index in [0.29, 0.717) is 12.6 Å². The Bertz CT molecular complexity index is 810. The Kier molecular flexibility index (Phi) is 4.58. The van der Waals surface area contributed by atoms with E-state index in [4.69, 9.17) is 4.74 Å². The minimum Gasteiger partial charge on any atom is -0.492 e. The van der Waals surface area contributed by atoms with E-state index in [2.05, 4.69) is 45.3 Å². The number of thioether (sulfide) groups is 1. The summed E-state index contributed by atoms with van der Waals surface area (Å²) in [5, 5.41) is 12.0. The van der Waals surface area contributed by atoms with Crippen LogP contribution in [-0.4, -0.2) is 27.1 Å². The van der Waals surface area contributed by atoms with Crippen LogP contribution < -0.4 is 4.74 Å². The molecule has 0 saturated heterocycles. The highest BCUT2D eigenvalue weighted by molar-refractivity contribution is 7.99. The van der Waals surface area contributed by atoms with E-state index in [1.54, 1.807) is 23.1 Å². The molecule has 1 aromatic carbocycles. The minimum absolute atomic E-state index is 0.567. The Morgan fingerprint density at radius 3 is 2.83 bits per heavy atom. The number of thiophene rings is 1. The van der Waals surface area contributed by atoms with Gasteiger partial charge in [0.2, 0.25) is 0 Å². The molecule has 1 aliphatic rings. The first-order valence-corrected chi connectivity index (χ1v) is 9.99. The SMILES string of the molecule is Cc1ccccc1OCCSc1nnc(-c2cccs2)n1C1CC1. The second-order valence-electron chi connectivity index (χ2n) is 5.85. The van der Waals surface area contributed by atoms with Crippen LogP contribution in [-0.2, 0) is 0 Å². The molecule has 1 aliphatic carbocycles. The number of benzene rings is 1. The van der Waals surface area contributed by atoms with Crippen molar-refractivity contribution in [1.29, 1.82) is 0 Å². The Hall–Kier alpha value is -1.79. The van der Waals surface area contributed by atoms with Crippen LogP contribution >= 0.6 is 23.1 Å². The molecule has 2 heterocycles. The second kappa shape index (κ2) is 6.99. The highest BCUT2D eigenvalue weighted by atomic mass is 32.2. The summed E-state index contributed by atoms with van der Waals surface area (Å²) in [6, 6.07) is 12.9. The fourth-order valence-corrected chi connectivity index (χ4v) is 4.14. The summed E-state index contributed by atoms with van der Waals surface area (Å²) in [7, 11) is 0. The third kappa shape index (κ3) is 3.35. The molecule has 1 fully saturated rings. The van der Waals surface area contributed by atoms with Crippen LogP contribution in [0.1, 0.15) is 24.4 Å². The van der Waals surface area contributed by atoms with E-state index >= 15 is 0 Å². The third-order valence-corrected chi connectivity index (χ3v) is 5.76. The number of rotatable bonds is 7. The fraction of sp³-hybridized carbons (Fsp3) is 0.333. The van der Waals surface area contributed by atoms with Gasteiger partial charge in [0.25, 0.3) is 0 Å². The summed E-state index contributed by atoms with van der Waals surface area (Å²) in [5.74, 6) is 2.83. The molecule has 2 aromatic heterocycles. The Morgan fingerprint density at radius 2 is 2.08 bits per heavy atom. The zero-order valence-corrected chi connectivity index (χ0v) is 15.1. The lowest BCUT2D eigenvalue weighted by Crippen LogP contribution is -2.04. The van der Waals surface area contributed by atoms with Gasteiger partial charge in [0.15, 0.2) is 11.0 Å². The van der Waals surface area contributed by atoms with Crippen molar-refractivity contribution in [2.24, 2.45) is 0 Å². The molecule has 0 spiro atoms. The molecule has 4 nitrogen and oxygen atoms in total. The molecular weight excluding hydrogens is 338 g/mol. The van der Waals surface area contributed by atoms with E-state index in [-0.39, 0.29) is 0 Å². The van der Waals surface area contributed by atoms with E-state index in [1.807, 2.05) is 18.2 Å². The molecular formula is C18H19N3OS2. The highest BCUT2D eigenvalue weighted by Gasteiger charge is 2.30. The van der Waals surface area contributed by atoms with Crippen LogP contribution in [0.3, 0.4) is 0 Å². The number of aryl methyl sites for hydroxylation is 1. The molecule has 0 N–H and O–H groups in total. The lowest BCUT2D eigenvalue weighted by atomic mass is 10.2. The molecule has 0 amide bonds. The third-order valence-electron chi connectivity index (χ3n) is 3.98. The van der Waals surface area contributed by atoms with Gasteiger partial charge in [0, 0.05) is 11.8 Å². The summed E-state index contributed by atoms with van der Waals surface area (Å²) in [4.78, 5) is 1.19. The fourth-order valence-electron chi connectivity index (χ4n) is 2.61. The Balaban J connectivity index is 1.41. The van der Waals surface area contributed by atoms with E-state index in [9.17, 15) is 0 Å². The summed E-state index contributed by atoms with van der Waals surface area (Å²) < 4.78 is 8.19. The normalized spacial score (nSPS) is 14.0. The number of ether oxygens (including phenoxy) is 1. The maximum atomic E-state index is 5.88. The van der Waals surface area contributed by atoms with Gasteiger partial charge < -0.3 is 4.74 Å². The quantitative estimate of drug-likeness (QED) is 0.449. The summed E-state index contributed by atoms with van der Waals surface area (Å²) >= 11 is 3.45. The molecule has 0 bridgehead atoms. The van der Waals surface area contributed by atoms with Crippen molar-refractivity contribution in [3.05, 3.63) is 47.3 Å². The van der Waals surface area contributed by atoms with Crippen LogP contribution in [0.2, 0.25) is 0 Å². The smallest absolute Gasteiger partial charge is 0.191 e. The summed E-state index contributed by atoms with van der Waals surface area (Å²) in [5.41, 5.74) is 1.17. The second-order valence-corrected chi connectivity index (χ2v) is 7.86. The monoisotopic (exact) mass is 357 g/mol. The van der Waals surface area contributed by atoms with Crippen LogP contribution in [0.25, 0.3) is 10.7 Å². The predicted molar refractivity (Wildman–Crippen MR) is 99.0 cm³/mol. The largest absolute Gasteiger partial charge is 0.492 e. The average Bonchev–Trinajstić information content (AvgIpc) is 3.11. The predicted octanol–water partition coefficient (Wildman–Crippen LogP) is 4.82. The first kappa shape index (κ1) is 15.7. The molecule has 3 aromatic rings. The highest BCUT2D eigenvalue weighted by Crippen LogP contribution is 2.41. The summed E-state index contributed by atoms with van der Waals surface area (Å²) in [6.45, 7) is 2.74. The minimum atomic E-state index is 0.567. The summed E-state index contributed by atoms with van der Waals surface area (Å²) in [6.07, 6.45) is 2.45. The van der Waals surface area contributed by atoms with Crippen molar-refractivity contribution in [2.75, 3.05) is 12.4 Å². The number of hydrogen-bond donors (Lipinski definition) is 0. The topological polar surface area (TPSA) is 39.9 Å². The molecule has 4 rings (SSSR count). The molecule has 0 unspecified atom stereocenters. The van der Waals surface area contributed by atoms with Crippen molar-refractivity contribution < 1.29 is 4.74 Å². The molecule has 6 heteroatoms. The van der Waals surface area contributed by atoms with Gasteiger partial charge in [-0.15, -0.1) is 21.5 Å². The van der Waals surface area contributed by atoms with E-state index in [1.165, 1.54) is 23.3 Å². The number of hydrogen-bond acceptors (Lipinski definition) is 5. The standard InChI is InChI=1S/C18H19N3OS2/c1-13-5-2-3-6-15(13)22-10-12-24-18-20-19-17(16-7-4-11-23-16)21(18)14-8-9-14/h2-7,11,14H,8-10,12H2,1H3. The first-order valence-electron chi connectivity index (χ1n) is 8.13. The molecule has 0 atom stereocenters. The lowest BCUT2D eigenvalue weighted by Gasteiger charge is -2.09. The molecule has 24 heavy (non-hydrogen) atoms. The lowest BCUT2D eigenvalue weighted by molar-refractivity contribution is 0.341. The van der Waals surface area contributed by atoms with Crippen LogP contribution in [0.5, 0.6) is 5.75 Å². The molecule has 124 valence electrons. The van der Waals surface area contributed by atoms with Crippen LogP contribution in [0.15, 0.2) is 46.9 Å². The van der Waals surface area contributed by atoms with Crippen molar-refractivity contribution in [3.63, 3.8) is 0 Å². The van der Waals surface area contributed by atoms with Crippen LogP contribution in [0.4, 0.5) is 0 Å². The van der Waals surface area contributed by atoms with Gasteiger partial charge in [-0.05, 0) is 42.8 Å². The number of aromatic nitrogens is 3. The molecule has 1 saturated carbocycles. The molecule has 0 radical (unpaired) electrons. The van der Waals surface area contributed by atoms with Gasteiger partial charge in [-0.2, -0.15) is 0 Å². The van der Waals surface area contributed by atoms with Crippen molar-refractivity contribution in [1.82, 2.24) is 14.8 Å². The zero-order valence-electron chi connectivity index (χ0n) is 13.5. The van der Waals surface area contributed by atoms with Crippen LogP contribution in [0, 0.1) is 6.92 Å². The van der Waals surface area contributed by atoms with E-state index < -0.39 is 0 Å². The maximum absolute atomic E-state index is 5.88.